The molecule has 1 aliphatic heterocycles. The van der Waals surface area contributed by atoms with Gasteiger partial charge in [-0.2, -0.15) is 5.10 Å². The van der Waals surface area contributed by atoms with Crippen LogP contribution in [0.5, 0.6) is 0 Å². The molecule has 1 aliphatic rings. The van der Waals surface area contributed by atoms with Gasteiger partial charge in [0.25, 0.3) is 0 Å². The maximum Gasteiger partial charge on any atom is 0.208 e. The Morgan fingerprint density at radius 2 is 2.24 bits per heavy atom. The molecule has 6 heteroatoms. The fourth-order valence-electron chi connectivity index (χ4n) is 2.76. The molecule has 0 amide bonds. The Balaban J connectivity index is 1.64. The summed E-state index contributed by atoms with van der Waals surface area (Å²) in [4.78, 5) is 10.9. The van der Waals surface area contributed by atoms with Gasteiger partial charge in [0.2, 0.25) is 5.89 Å². The summed E-state index contributed by atoms with van der Waals surface area (Å²) in [5.74, 6) is 1.76. The largest absolute Gasteiger partial charge is 0.444 e. The summed E-state index contributed by atoms with van der Waals surface area (Å²) in [5, 5.41) is 4.20. The van der Waals surface area contributed by atoms with Crippen LogP contribution in [0.15, 0.2) is 23.3 Å². The first-order chi connectivity index (χ1) is 10.0. The van der Waals surface area contributed by atoms with E-state index in [2.05, 4.69) is 40.7 Å². The van der Waals surface area contributed by atoms with Gasteiger partial charge in [0.15, 0.2) is 0 Å². The summed E-state index contributed by atoms with van der Waals surface area (Å²) in [6.07, 6.45) is 7.62. The third-order valence-corrected chi connectivity index (χ3v) is 3.99. The van der Waals surface area contributed by atoms with Crippen molar-refractivity contribution in [3.63, 3.8) is 0 Å². The van der Waals surface area contributed by atoms with Crippen LogP contribution in [-0.4, -0.2) is 37.2 Å². The molecule has 1 atom stereocenters. The average molecular weight is 289 g/mol. The molecule has 6 nitrogen and oxygen atoms in total. The second-order valence-electron chi connectivity index (χ2n) is 6.75. The van der Waals surface area contributed by atoms with Crippen LogP contribution in [0.4, 0.5) is 0 Å². The van der Waals surface area contributed by atoms with Gasteiger partial charge in [0.1, 0.15) is 18.4 Å². The van der Waals surface area contributed by atoms with E-state index in [1.54, 1.807) is 12.7 Å². The van der Waals surface area contributed by atoms with Crippen LogP contribution in [0.25, 0.3) is 0 Å². The quantitative estimate of drug-likeness (QED) is 0.864. The summed E-state index contributed by atoms with van der Waals surface area (Å²) < 4.78 is 7.81. The average Bonchev–Trinajstić information content (AvgIpc) is 3.12. The zero-order valence-electron chi connectivity index (χ0n) is 13.0. The van der Waals surface area contributed by atoms with Gasteiger partial charge in [0, 0.05) is 11.5 Å². The van der Waals surface area contributed by atoms with Crippen molar-refractivity contribution in [1.82, 2.24) is 24.6 Å². The minimum absolute atomic E-state index is 0.0103. The monoisotopic (exact) mass is 289 g/mol. The number of aromatic nitrogens is 4. The zero-order valence-corrected chi connectivity index (χ0v) is 13.0. The van der Waals surface area contributed by atoms with Crippen molar-refractivity contribution in [2.24, 2.45) is 0 Å². The summed E-state index contributed by atoms with van der Waals surface area (Å²) in [5.41, 5.74) is 0.0103. The van der Waals surface area contributed by atoms with E-state index in [0.29, 0.717) is 6.04 Å². The van der Waals surface area contributed by atoms with E-state index in [0.717, 1.165) is 31.3 Å². The highest BCUT2D eigenvalue weighted by Gasteiger charge is 2.27. The van der Waals surface area contributed by atoms with E-state index in [9.17, 15) is 0 Å². The summed E-state index contributed by atoms with van der Waals surface area (Å²) in [6, 6.07) is 0.483. The fraction of sp³-hybridized carbons (Fsp3) is 0.667. The van der Waals surface area contributed by atoms with Crippen molar-refractivity contribution in [2.75, 3.05) is 6.54 Å². The van der Waals surface area contributed by atoms with Gasteiger partial charge >= 0.3 is 0 Å². The van der Waals surface area contributed by atoms with Gasteiger partial charge in [-0.15, -0.1) is 0 Å². The van der Waals surface area contributed by atoms with Gasteiger partial charge in [-0.3, -0.25) is 9.58 Å². The number of likely N-dealkylation sites (tertiary alicyclic amines) is 1. The minimum Gasteiger partial charge on any atom is -0.444 e. The Labute approximate surface area is 125 Å². The van der Waals surface area contributed by atoms with Crippen LogP contribution >= 0.6 is 0 Å². The fourth-order valence-corrected chi connectivity index (χ4v) is 2.76. The van der Waals surface area contributed by atoms with Gasteiger partial charge in [0.05, 0.1) is 19.3 Å². The molecule has 3 heterocycles. The van der Waals surface area contributed by atoms with E-state index in [1.165, 1.54) is 12.8 Å². The number of oxazole rings is 1. The number of hydrogen-bond acceptors (Lipinski definition) is 5. The minimum atomic E-state index is 0.0103. The first-order valence-corrected chi connectivity index (χ1v) is 7.54. The van der Waals surface area contributed by atoms with Crippen LogP contribution < -0.4 is 0 Å². The lowest BCUT2D eigenvalue weighted by Crippen LogP contribution is -2.32. The van der Waals surface area contributed by atoms with Crippen molar-refractivity contribution in [2.45, 2.75) is 58.2 Å². The molecule has 0 spiro atoms. The summed E-state index contributed by atoms with van der Waals surface area (Å²) in [7, 11) is 0. The van der Waals surface area contributed by atoms with Crippen molar-refractivity contribution < 1.29 is 4.42 Å². The van der Waals surface area contributed by atoms with Gasteiger partial charge in [-0.25, -0.2) is 9.97 Å². The first kappa shape index (κ1) is 14.3. The van der Waals surface area contributed by atoms with Gasteiger partial charge in [-0.1, -0.05) is 20.8 Å². The number of nitrogens with zero attached hydrogens (tertiary/aromatic N) is 5. The zero-order chi connectivity index (χ0) is 14.9. The Morgan fingerprint density at radius 3 is 2.90 bits per heavy atom. The molecule has 2 aromatic heterocycles. The Hall–Kier alpha value is -1.69. The third-order valence-electron chi connectivity index (χ3n) is 3.99. The lowest BCUT2D eigenvalue weighted by atomic mass is 9.94. The second-order valence-corrected chi connectivity index (χ2v) is 6.75. The molecule has 3 rings (SSSR count). The van der Waals surface area contributed by atoms with Crippen molar-refractivity contribution in [3.8, 4) is 0 Å². The standard InChI is InChI=1S/C15H23N5O/c1-15(2,3)13-7-17-14(21-13)9-19-6-4-5-12(19)8-20-11-16-10-18-20/h7,10-12H,4-6,8-9H2,1-3H3/t12-/m1/s1. The van der Waals surface area contributed by atoms with Crippen LogP contribution in [0.2, 0.25) is 0 Å². The maximum atomic E-state index is 5.91. The number of hydrogen-bond donors (Lipinski definition) is 0. The Kier molecular flexibility index (Phi) is 3.80. The molecule has 0 aliphatic carbocycles. The molecule has 1 fully saturated rings. The van der Waals surface area contributed by atoms with Crippen LogP contribution in [0.1, 0.15) is 45.3 Å². The molecule has 0 aromatic carbocycles. The maximum absolute atomic E-state index is 5.91. The van der Waals surface area contributed by atoms with Gasteiger partial charge in [-0.05, 0) is 19.4 Å². The molecule has 0 radical (unpaired) electrons. The Bertz CT molecular complexity index is 569. The first-order valence-electron chi connectivity index (χ1n) is 7.54. The summed E-state index contributed by atoms with van der Waals surface area (Å²) in [6.45, 7) is 9.16. The topological polar surface area (TPSA) is 60.0 Å². The molecule has 0 saturated carbocycles. The van der Waals surface area contributed by atoms with E-state index in [1.807, 2.05) is 10.9 Å². The molecule has 0 N–H and O–H groups in total. The summed E-state index contributed by atoms with van der Waals surface area (Å²) >= 11 is 0. The van der Waals surface area contributed by atoms with E-state index in [4.69, 9.17) is 4.42 Å². The Morgan fingerprint density at radius 1 is 1.38 bits per heavy atom. The molecular weight excluding hydrogens is 266 g/mol. The molecule has 21 heavy (non-hydrogen) atoms. The lowest BCUT2D eigenvalue weighted by molar-refractivity contribution is 0.196. The van der Waals surface area contributed by atoms with Crippen LogP contribution in [-0.2, 0) is 18.5 Å². The molecule has 0 unspecified atom stereocenters. The highest BCUT2D eigenvalue weighted by molar-refractivity contribution is 5.06. The predicted molar refractivity (Wildman–Crippen MR) is 78.7 cm³/mol. The molecule has 114 valence electrons. The van der Waals surface area contributed by atoms with E-state index in [-0.39, 0.29) is 5.41 Å². The van der Waals surface area contributed by atoms with Crippen LogP contribution in [0, 0.1) is 0 Å². The van der Waals surface area contributed by atoms with E-state index < -0.39 is 0 Å². The van der Waals surface area contributed by atoms with Gasteiger partial charge < -0.3 is 4.42 Å². The van der Waals surface area contributed by atoms with E-state index >= 15 is 0 Å². The van der Waals surface area contributed by atoms with Crippen molar-refractivity contribution >= 4 is 0 Å². The molecular formula is C15H23N5O. The molecule has 2 aromatic rings. The third kappa shape index (κ3) is 3.32. The van der Waals surface area contributed by atoms with Crippen molar-refractivity contribution in [1.29, 1.82) is 0 Å². The molecule has 1 saturated heterocycles. The second kappa shape index (κ2) is 5.60. The highest BCUT2D eigenvalue weighted by atomic mass is 16.4. The molecule has 0 bridgehead atoms. The normalized spacial score (nSPS) is 20.2. The lowest BCUT2D eigenvalue weighted by Gasteiger charge is -2.22. The predicted octanol–water partition coefficient (Wildman–Crippen LogP) is 2.23. The van der Waals surface area contributed by atoms with Crippen molar-refractivity contribution in [3.05, 3.63) is 30.5 Å². The highest BCUT2D eigenvalue weighted by Crippen LogP contribution is 2.25. The SMILES string of the molecule is CC(C)(C)c1cnc(CN2CCC[C@@H]2Cn2cncn2)o1. The number of rotatable bonds is 4. The smallest absolute Gasteiger partial charge is 0.208 e. The van der Waals surface area contributed by atoms with Crippen LogP contribution in [0.3, 0.4) is 0 Å².